The van der Waals surface area contributed by atoms with Gasteiger partial charge in [0.15, 0.2) is 17.3 Å². The molecule has 184 valence electrons. The number of aromatic hydroxyl groups is 1. The molecule has 3 aromatic rings. The van der Waals surface area contributed by atoms with Gasteiger partial charge in [0.05, 0.1) is 19.1 Å². The lowest BCUT2D eigenvalue weighted by Gasteiger charge is -2.20. The third-order valence-corrected chi connectivity index (χ3v) is 4.85. The molecule has 3 rings (SSSR count). The van der Waals surface area contributed by atoms with Crippen molar-refractivity contribution >= 4 is 17.7 Å². The molecule has 0 saturated heterocycles. The number of nitrogens with one attached hydrogen (secondary N) is 2. The largest absolute Gasteiger partial charge is 0.505 e. The van der Waals surface area contributed by atoms with Crippen molar-refractivity contribution in [2.24, 2.45) is 7.05 Å². The molecule has 2 amide bonds. The van der Waals surface area contributed by atoms with Crippen LogP contribution in [-0.2, 0) is 16.6 Å². The first-order valence-corrected chi connectivity index (χ1v) is 10.5. The van der Waals surface area contributed by atoms with Crippen LogP contribution in [0.15, 0.2) is 59.5 Å². The van der Waals surface area contributed by atoms with Gasteiger partial charge in [-0.15, -0.1) is 0 Å². The minimum absolute atomic E-state index is 0.124. The lowest BCUT2D eigenvalue weighted by molar-refractivity contribution is -0.143. The van der Waals surface area contributed by atoms with E-state index in [9.17, 15) is 28.3 Å². The minimum atomic E-state index is -0.939. The number of nitrogens with zero attached hydrogens (tertiary/aromatic N) is 1. The molecule has 0 aliphatic rings. The summed E-state index contributed by atoms with van der Waals surface area (Å²) in [5, 5.41) is 14.8. The van der Waals surface area contributed by atoms with Gasteiger partial charge in [0, 0.05) is 19.3 Å². The van der Waals surface area contributed by atoms with E-state index < -0.39 is 41.0 Å². The van der Waals surface area contributed by atoms with Crippen LogP contribution < -0.4 is 20.9 Å². The summed E-state index contributed by atoms with van der Waals surface area (Å²) in [4.78, 5) is 37.0. The lowest BCUT2D eigenvalue weighted by atomic mass is 10.0. The highest BCUT2D eigenvalue weighted by molar-refractivity contribution is 5.91. The van der Waals surface area contributed by atoms with E-state index in [-0.39, 0.29) is 30.2 Å². The number of carbonyl (C=O) groups is 2. The Balaban J connectivity index is 1.85. The van der Waals surface area contributed by atoms with Gasteiger partial charge in [0.1, 0.15) is 17.3 Å². The first-order chi connectivity index (χ1) is 16.7. The summed E-state index contributed by atoms with van der Waals surface area (Å²) in [6.45, 7) is 1.76. The fourth-order valence-electron chi connectivity index (χ4n) is 3.16. The molecule has 0 fully saturated rings. The summed E-state index contributed by atoms with van der Waals surface area (Å²) < 4.78 is 38.8. The van der Waals surface area contributed by atoms with Crippen LogP contribution in [0.25, 0.3) is 0 Å². The molecule has 2 aromatic carbocycles. The van der Waals surface area contributed by atoms with Gasteiger partial charge >= 0.3 is 12.0 Å². The van der Waals surface area contributed by atoms with E-state index in [0.29, 0.717) is 11.6 Å². The Hall–Kier alpha value is -4.41. The van der Waals surface area contributed by atoms with Gasteiger partial charge < -0.3 is 29.8 Å². The summed E-state index contributed by atoms with van der Waals surface area (Å²) in [7, 11) is 1.45. The number of aromatic nitrogens is 1. The first-order valence-electron chi connectivity index (χ1n) is 10.5. The van der Waals surface area contributed by atoms with E-state index in [2.05, 4.69) is 10.6 Å². The zero-order chi connectivity index (χ0) is 25.5. The van der Waals surface area contributed by atoms with E-state index in [1.807, 2.05) is 0 Å². The third kappa shape index (κ3) is 6.56. The number of ether oxygens (including phenoxy) is 2. The highest BCUT2D eigenvalue weighted by atomic mass is 19.1. The summed E-state index contributed by atoms with van der Waals surface area (Å²) in [6, 6.07) is 8.41. The second-order valence-corrected chi connectivity index (χ2v) is 7.40. The van der Waals surface area contributed by atoms with Crippen LogP contribution in [0.5, 0.6) is 17.2 Å². The van der Waals surface area contributed by atoms with E-state index in [1.165, 1.54) is 36.0 Å². The predicted molar refractivity (Wildman–Crippen MR) is 122 cm³/mol. The molecule has 0 bridgehead atoms. The standard InChI is InChI=1S/C24H23F2N3O6/c1-3-34-21(31)13-18(27-24(33)28-22-19(30)9-10-29(2)23(22)32)14-5-4-6-16(11-14)35-20-8-7-15(25)12-17(20)26/h4-12,18,30H,3,13H2,1-2H3,(H2,27,28,33)/t18-/m0/s1. The highest BCUT2D eigenvalue weighted by Crippen LogP contribution is 2.28. The molecule has 1 heterocycles. The maximum Gasteiger partial charge on any atom is 0.319 e. The smallest absolute Gasteiger partial charge is 0.319 e. The van der Waals surface area contributed by atoms with Crippen LogP contribution in [-0.4, -0.2) is 28.3 Å². The van der Waals surface area contributed by atoms with E-state index in [4.69, 9.17) is 9.47 Å². The minimum Gasteiger partial charge on any atom is -0.505 e. The van der Waals surface area contributed by atoms with Gasteiger partial charge in [0.25, 0.3) is 5.56 Å². The number of hydrogen-bond donors (Lipinski definition) is 3. The summed E-state index contributed by atoms with van der Waals surface area (Å²) in [5.41, 5.74) is -0.580. The maximum atomic E-state index is 14.0. The highest BCUT2D eigenvalue weighted by Gasteiger charge is 2.22. The zero-order valence-electron chi connectivity index (χ0n) is 18.9. The molecule has 9 nitrogen and oxygen atoms in total. The average Bonchev–Trinajstić information content (AvgIpc) is 2.81. The summed E-state index contributed by atoms with van der Waals surface area (Å²) >= 11 is 0. The van der Waals surface area contributed by atoms with Crippen LogP contribution in [0.3, 0.4) is 0 Å². The Morgan fingerprint density at radius 3 is 2.63 bits per heavy atom. The number of esters is 1. The van der Waals surface area contributed by atoms with Crippen LogP contribution in [0.1, 0.15) is 24.9 Å². The summed E-state index contributed by atoms with van der Waals surface area (Å²) in [6.07, 6.45) is 1.06. The topological polar surface area (TPSA) is 119 Å². The van der Waals surface area contributed by atoms with Crippen LogP contribution in [0.4, 0.5) is 19.3 Å². The van der Waals surface area contributed by atoms with Crippen LogP contribution in [0.2, 0.25) is 0 Å². The van der Waals surface area contributed by atoms with Gasteiger partial charge in [0.2, 0.25) is 0 Å². The number of pyridine rings is 1. The van der Waals surface area contributed by atoms with Crippen LogP contribution >= 0.6 is 0 Å². The quantitative estimate of drug-likeness (QED) is 0.414. The van der Waals surface area contributed by atoms with Gasteiger partial charge in [-0.25, -0.2) is 13.6 Å². The lowest BCUT2D eigenvalue weighted by Crippen LogP contribution is -2.36. The second-order valence-electron chi connectivity index (χ2n) is 7.40. The molecule has 0 aliphatic heterocycles. The molecular weight excluding hydrogens is 464 g/mol. The molecule has 0 unspecified atom stereocenters. The molecule has 1 aromatic heterocycles. The molecule has 1 atom stereocenters. The normalized spacial score (nSPS) is 11.4. The van der Waals surface area contributed by atoms with E-state index >= 15 is 0 Å². The number of carbonyl (C=O) groups excluding carboxylic acids is 2. The van der Waals surface area contributed by atoms with E-state index in [1.54, 1.807) is 19.1 Å². The number of benzene rings is 2. The number of halogens is 2. The van der Waals surface area contributed by atoms with Crippen molar-refractivity contribution in [3.63, 3.8) is 0 Å². The number of aryl methyl sites for hydroxylation is 1. The van der Waals surface area contributed by atoms with Gasteiger partial charge in [-0.05, 0) is 42.8 Å². The zero-order valence-corrected chi connectivity index (χ0v) is 18.9. The number of rotatable bonds is 8. The van der Waals surface area contributed by atoms with Gasteiger partial charge in [-0.1, -0.05) is 12.1 Å². The van der Waals surface area contributed by atoms with Gasteiger partial charge in [-0.3, -0.25) is 9.59 Å². The number of urea groups is 1. The molecule has 0 saturated carbocycles. The number of hydrogen-bond acceptors (Lipinski definition) is 6. The van der Waals surface area contributed by atoms with Crippen molar-refractivity contribution < 1.29 is 33.0 Å². The van der Waals surface area contributed by atoms with E-state index in [0.717, 1.165) is 12.1 Å². The Morgan fingerprint density at radius 2 is 1.91 bits per heavy atom. The van der Waals surface area contributed by atoms with Crippen molar-refractivity contribution in [1.29, 1.82) is 0 Å². The number of anilines is 1. The average molecular weight is 487 g/mol. The third-order valence-electron chi connectivity index (χ3n) is 4.85. The molecule has 3 N–H and O–H groups in total. The monoisotopic (exact) mass is 487 g/mol. The van der Waals surface area contributed by atoms with Crippen molar-refractivity contribution in [2.75, 3.05) is 11.9 Å². The van der Waals surface area contributed by atoms with Crippen molar-refractivity contribution in [2.45, 2.75) is 19.4 Å². The fourth-order valence-corrected chi connectivity index (χ4v) is 3.16. The molecule has 0 aliphatic carbocycles. The van der Waals surface area contributed by atoms with Gasteiger partial charge in [-0.2, -0.15) is 0 Å². The maximum absolute atomic E-state index is 14.0. The summed E-state index contributed by atoms with van der Waals surface area (Å²) in [5.74, 6) is -2.74. The molecule has 0 spiro atoms. The number of amides is 2. The predicted octanol–water partition coefficient (Wildman–Crippen LogP) is 3.98. The molecule has 35 heavy (non-hydrogen) atoms. The van der Waals surface area contributed by atoms with Crippen molar-refractivity contribution in [1.82, 2.24) is 9.88 Å². The molecule has 0 radical (unpaired) electrons. The first kappa shape index (κ1) is 25.2. The Labute approximate surface area is 198 Å². The van der Waals surface area contributed by atoms with Crippen molar-refractivity contribution in [3.05, 3.63) is 82.3 Å². The van der Waals surface area contributed by atoms with Crippen molar-refractivity contribution in [3.8, 4) is 17.2 Å². The molecule has 11 heteroatoms. The fraction of sp³-hybridized carbons (Fsp3) is 0.208. The molecular formula is C24H23F2N3O6. The van der Waals surface area contributed by atoms with Crippen LogP contribution in [0, 0.1) is 11.6 Å². The Kier molecular flexibility index (Phi) is 8.03. The SMILES string of the molecule is CCOC(=O)C[C@H](NC(=O)Nc1c(O)ccn(C)c1=O)c1cccc(Oc2ccc(F)cc2F)c1. The second kappa shape index (κ2) is 11.1. The Bertz CT molecular complexity index is 1290. The Morgan fingerprint density at radius 1 is 1.14 bits per heavy atom.